The van der Waals surface area contributed by atoms with Crippen LogP contribution in [0.2, 0.25) is 0 Å². The summed E-state index contributed by atoms with van der Waals surface area (Å²) in [6.45, 7) is 4.85. The zero-order valence-corrected chi connectivity index (χ0v) is 17.1. The molecule has 4 fully saturated rings. The molecule has 0 unspecified atom stereocenters. The van der Waals surface area contributed by atoms with Gasteiger partial charge in [0, 0.05) is 21.8 Å². The Bertz CT molecular complexity index is 741. The first-order valence-electron chi connectivity index (χ1n) is 11.0. The number of hydrogen-bond acceptors (Lipinski definition) is 3. The molecular weight excluding hydrogens is 352 g/mol. The summed E-state index contributed by atoms with van der Waals surface area (Å²) in [4.78, 5) is 18.6. The van der Waals surface area contributed by atoms with Crippen molar-refractivity contribution >= 4 is 5.78 Å². The van der Waals surface area contributed by atoms with Crippen molar-refractivity contribution in [2.24, 2.45) is 50.6 Å². The Hall–Kier alpha value is -1.71. The van der Waals surface area contributed by atoms with Crippen molar-refractivity contribution in [3.63, 3.8) is 0 Å². The molecule has 0 aliphatic heterocycles. The minimum atomic E-state index is 0.0121. The molecule has 0 radical (unpaired) electrons. The molecule has 4 saturated carbocycles. The lowest BCUT2D eigenvalue weighted by molar-refractivity contribution is -0.134. The molecule has 152 valence electrons. The van der Waals surface area contributed by atoms with Gasteiger partial charge in [0.25, 0.3) is 0 Å². The Morgan fingerprint density at radius 2 is 1.71 bits per heavy atom. The number of nitrogens with zero attached hydrogens (tertiary/aromatic N) is 6. The van der Waals surface area contributed by atoms with Crippen molar-refractivity contribution in [2.45, 2.75) is 77.7 Å². The van der Waals surface area contributed by atoms with Crippen LogP contribution >= 0.6 is 0 Å². The molecule has 8 atom stereocenters. The monoisotopic (exact) mass is 384 g/mol. The highest BCUT2D eigenvalue weighted by molar-refractivity contribution is 5.84. The Morgan fingerprint density at radius 1 is 0.964 bits per heavy atom. The second kappa shape index (κ2) is 7.27. The summed E-state index contributed by atoms with van der Waals surface area (Å²) in [5.74, 6) is 2.96. The van der Waals surface area contributed by atoms with Crippen molar-refractivity contribution in [3.05, 3.63) is 20.9 Å². The summed E-state index contributed by atoms with van der Waals surface area (Å²) in [7, 11) is 0. The van der Waals surface area contributed by atoms with Crippen LogP contribution in [-0.2, 0) is 4.79 Å². The number of ketones is 1. The number of fused-ring (bicyclic) bond motifs is 5. The quantitative estimate of drug-likeness (QED) is 0.320. The third-order valence-electron chi connectivity index (χ3n) is 9.53. The standard InChI is InChI=1S/C21H32N6O/c1-20-9-7-14(25-27-23)11-13(20)3-4-15-16-5-6-18(19(28)12-24-26-22)21(16,2)10-8-17(15)20/h13-18H,3-12H2,1-2H3/t13-,14+,15-,16-,17-,18+,20-,21-/m0/s1. The van der Waals surface area contributed by atoms with E-state index in [0.717, 1.165) is 38.0 Å². The molecule has 7 heteroatoms. The van der Waals surface area contributed by atoms with Crippen molar-refractivity contribution in [1.82, 2.24) is 0 Å². The Kier molecular flexibility index (Phi) is 5.09. The topological polar surface area (TPSA) is 115 Å². The second-order valence-corrected chi connectivity index (χ2v) is 10.3. The van der Waals surface area contributed by atoms with Crippen molar-refractivity contribution < 1.29 is 4.79 Å². The van der Waals surface area contributed by atoms with Crippen LogP contribution in [0.25, 0.3) is 20.9 Å². The van der Waals surface area contributed by atoms with Crippen molar-refractivity contribution in [3.8, 4) is 0 Å². The van der Waals surface area contributed by atoms with Gasteiger partial charge in [-0.2, -0.15) is 0 Å². The number of hydrogen-bond donors (Lipinski definition) is 0. The summed E-state index contributed by atoms with van der Waals surface area (Å²) >= 11 is 0. The van der Waals surface area contributed by atoms with Gasteiger partial charge in [0.1, 0.15) is 5.78 Å². The largest absolute Gasteiger partial charge is 0.299 e. The fourth-order valence-electron chi connectivity index (χ4n) is 8.15. The van der Waals surface area contributed by atoms with E-state index in [-0.39, 0.29) is 29.7 Å². The van der Waals surface area contributed by atoms with Crippen LogP contribution in [0.3, 0.4) is 0 Å². The van der Waals surface area contributed by atoms with Gasteiger partial charge in [-0.15, -0.1) is 0 Å². The lowest BCUT2D eigenvalue weighted by Crippen LogP contribution is -2.54. The van der Waals surface area contributed by atoms with Gasteiger partial charge >= 0.3 is 0 Å². The summed E-state index contributed by atoms with van der Waals surface area (Å²) in [6.07, 6.45) is 10.2. The van der Waals surface area contributed by atoms with Gasteiger partial charge < -0.3 is 0 Å². The predicted octanol–water partition coefficient (Wildman–Crippen LogP) is 6.20. The highest BCUT2D eigenvalue weighted by Gasteiger charge is 2.60. The summed E-state index contributed by atoms with van der Waals surface area (Å²) < 4.78 is 0. The summed E-state index contributed by atoms with van der Waals surface area (Å²) in [5.41, 5.74) is 17.8. The molecule has 0 spiro atoms. The van der Waals surface area contributed by atoms with Crippen LogP contribution in [0.5, 0.6) is 0 Å². The van der Waals surface area contributed by atoms with E-state index >= 15 is 0 Å². The Labute approximate surface area is 166 Å². The molecule has 7 nitrogen and oxygen atoms in total. The SMILES string of the molecule is C[C@]12CC[C@@H](N=[N+]=[N-])C[C@@H]1CC[C@@H]1[C@@H]2CC[C@]2(C)[C@@H](C(=O)CN=[N+]=[N-])CC[C@@H]12. The molecule has 0 heterocycles. The lowest BCUT2D eigenvalue weighted by atomic mass is 9.44. The molecule has 0 aromatic carbocycles. The van der Waals surface area contributed by atoms with E-state index < -0.39 is 0 Å². The maximum Gasteiger partial charge on any atom is 0.142 e. The first-order chi connectivity index (χ1) is 13.4. The molecule has 4 aliphatic rings. The van der Waals surface area contributed by atoms with E-state index in [2.05, 4.69) is 33.9 Å². The first-order valence-corrected chi connectivity index (χ1v) is 11.0. The first kappa shape index (κ1) is 19.6. The van der Waals surface area contributed by atoms with Gasteiger partial charge in [0.2, 0.25) is 0 Å². The molecular formula is C21H32N6O. The maximum atomic E-state index is 12.7. The summed E-state index contributed by atoms with van der Waals surface area (Å²) in [5, 5.41) is 7.59. The highest BCUT2D eigenvalue weighted by atomic mass is 16.1. The Morgan fingerprint density at radius 3 is 2.46 bits per heavy atom. The Balaban J connectivity index is 1.54. The zero-order chi connectivity index (χ0) is 19.9. The predicted molar refractivity (Wildman–Crippen MR) is 107 cm³/mol. The van der Waals surface area contributed by atoms with E-state index in [1.165, 1.54) is 25.7 Å². The maximum absolute atomic E-state index is 12.7. The zero-order valence-electron chi connectivity index (χ0n) is 17.1. The molecule has 0 amide bonds. The highest BCUT2D eigenvalue weighted by Crippen LogP contribution is 2.67. The van der Waals surface area contributed by atoms with Crippen molar-refractivity contribution in [1.29, 1.82) is 0 Å². The average molecular weight is 385 g/mol. The van der Waals surface area contributed by atoms with E-state index in [4.69, 9.17) is 11.1 Å². The van der Waals surface area contributed by atoms with Crippen molar-refractivity contribution in [2.75, 3.05) is 6.54 Å². The van der Waals surface area contributed by atoms with Gasteiger partial charge in [-0.3, -0.25) is 4.79 Å². The van der Waals surface area contributed by atoms with Crippen LogP contribution < -0.4 is 0 Å². The molecule has 0 aromatic heterocycles. The third kappa shape index (κ3) is 2.91. The normalized spacial score (nSPS) is 46.9. The molecule has 0 saturated heterocycles. The van der Waals surface area contributed by atoms with Crippen LogP contribution in [0.1, 0.15) is 71.6 Å². The fraction of sp³-hybridized carbons (Fsp3) is 0.952. The van der Waals surface area contributed by atoms with E-state index in [1.54, 1.807) is 0 Å². The number of carbonyl (C=O) groups excluding carboxylic acids is 1. The molecule has 0 N–H and O–H groups in total. The van der Waals surface area contributed by atoms with Crippen LogP contribution in [0.15, 0.2) is 10.2 Å². The molecule has 0 aromatic rings. The van der Waals surface area contributed by atoms with Gasteiger partial charge in [-0.1, -0.05) is 24.1 Å². The van der Waals surface area contributed by atoms with Crippen LogP contribution in [0, 0.1) is 40.4 Å². The number of Topliss-reactive ketones (excluding diaryl/α,β-unsaturated/α-hetero) is 1. The molecule has 4 aliphatic carbocycles. The van der Waals surface area contributed by atoms with Gasteiger partial charge in [-0.05, 0) is 103 Å². The molecule has 4 rings (SSSR count). The van der Waals surface area contributed by atoms with Crippen LogP contribution in [0.4, 0.5) is 0 Å². The van der Waals surface area contributed by atoms with Crippen LogP contribution in [-0.4, -0.2) is 18.4 Å². The summed E-state index contributed by atoms with van der Waals surface area (Å²) in [6, 6.07) is 0.183. The minimum Gasteiger partial charge on any atom is -0.299 e. The minimum absolute atomic E-state index is 0.0121. The van der Waals surface area contributed by atoms with Gasteiger partial charge in [-0.25, -0.2) is 0 Å². The van der Waals surface area contributed by atoms with Gasteiger partial charge in [0.15, 0.2) is 0 Å². The average Bonchev–Trinajstić information content (AvgIpc) is 3.04. The third-order valence-corrected chi connectivity index (χ3v) is 9.53. The van der Waals surface area contributed by atoms with E-state index in [9.17, 15) is 4.79 Å². The number of carbonyl (C=O) groups is 1. The molecule has 0 bridgehead atoms. The fourth-order valence-corrected chi connectivity index (χ4v) is 8.15. The van der Waals surface area contributed by atoms with E-state index in [0.29, 0.717) is 23.2 Å². The smallest absolute Gasteiger partial charge is 0.142 e. The number of azide groups is 2. The van der Waals surface area contributed by atoms with E-state index in [1.807, 2.05) is 0 Å². The van der Waals surface area contributed by atoms with Gasteiger partial charge in [0.05, 0.1) is 6.54 Å². The second-order valence-electron chi connectivity index (χ2n) is 10.3. The number of rotatable bonds is 4. The molecule has 28 heavy (non-hydrogen) atoms. The lowest BCUT2D eigenvalue weighted by Gasteiger charge is -2.61.